The lowest BCUT2D eigenvalue weighted by atomic mass is 10.2. The summed E-state index contributed by atoms with van der Waals surface area (Å²) in [5, 5.41) is -0.554. The molecule has 0 unspecified atom stereocenters. The van der Waals surface area contributed by atoms with Gasteiger partial charge in [0.05, 0.1) is 11.1 Å². The zero-order chi connectivity index (χ0) is 11.0. The molecule has 0 spiro atoms. The third-order valence-corrected chi connectivity index (χ3v) is 2.34. The summed E-state index contributed by atoms with van der Waals surface area (Å²) in [6.07, 6.45) is 1.36. The Morgan fingerprint density at radius 1 is 1.47 bits per heavy atom. The lowest BCUT2D eigenvalue weighted by Crippen LogP contribution is -2.14. The minimum absolute atomic E-state index is 0.0175. The summed E-state index contributed by atoms with van der Waals surface area (Å²) in [5.41, 5.74) is 1.26. The van der Waals surface area contributed by atoms with E-state index in [9.17, 15) is 9.59 Å². The largest absolute Gasteiger partial charge is 0.359 e. The van der Waals surface area contributed by atoms with Crippen LogP contribution in [-0.4, -0.2) is 15.1 Å². The van der Waals surface area contributed by atoms with Gasteiger partial charge in [-0.05, 0) is 19.1 Å². The molecule has 15 heavy (non-hydrogen) atoms. The number of nitrogens with one attached hydrogen (secondary N) is 1. The van der Waals surface area contributed by atoms with Crippen LogP contribution in [0.5, 0.6) is 0 Å². The standard InChI is InChI=1S/C10H8N2O2S/c1-5-2-3-7-8(12-5)9(13)6(4-11-7)10(14)15/h2-4H,1H3,(H,11,13)(H,14,15). The Morgan fingerprint density at radius 3 is 2.87 bits per heavy atom. The number of carbonyl (C=O) groups is 1. The van der Waals surface area contributed by atoms with Crippen molar-refractivity contribution in [1.82, 2.24) is 9.97 Å². The second-order valence-corrected chi connectivity index (χ2v) is 3.59. The Morgan fingerprint density at radius 2 is 2.20 bits per heavy atom. The van der Waals surface area contributed by atoms with Gasteiger partial charge in [0.1, 0.15) is 5.52 Å². The first-order valence-electron chi connectivity index (χ1n) is 4.32. The number of aromatic amines is 1. The third-order valence-electron chi connectivity index (χ3n) is 2.10. The van der Waals surface area contributed by atoms with Crippen LogP contribution >= 0.6 is 12.6 Å². The maximum absolute atomic E-state index is 11.8. The lowest BCUT2D eigenvalue weighted by molar-refractivity contribution is 0.109. The lowest BCUT2D eigenvalue weighted by Gasteiger charge is -2.00. The Kier molecular flexibility index (Phi) is 2.32. The minimum atomic E-state index is -0.554. The van der Waals surface area contributed by atoms with Crippen molar-refractivity contribution >= 4 is 28.8 Å². The van der Waals surface area contributed by atoms with Crippen LogP contribution in [0.1, 0.15) is 16.1 Å². The van der Waals surface area contributed by atoms with Gasteiger partial charge in [-0.3, -0.25) is 9.59 Å². The van der Waals surface area contributed by atoms with Crippen molar-refractivity contribution in [1.29, 1.82) is 0 Å². The van der Waals surface area contributed by atoms with Gasteiger partial charge < -0.3 is 4.98 Å². The van der Waals surface area contributed by atoms with E-state index in [1.165, 1.54) is 6.20 Å². The zero-order valence-corrected chi connectivity index (χ0v) is 8.84. The van der Waals surface area contributed by atoms with Gasteiger partial charge >= 0.3 is 0 Å². The summed E-state index contributed by atoms with van der Waals surface area (Å²) in [7, 11) is 0. The number of carbonyl (C=O) groups excluding carboxylic acids is 1. The number of H-pyrrole nitrogens is 1. The number of nitrogens with zero attached hydrogens (tertiary/aromatic N) is 1. The van der Waals surface area contributed by atoms with Crippen LogP contribution in [0, 0.1) is 6.92 Å². The van der Waals surface area contributed by atoms with Crippen molar-refractivity contribution in [2.45, 2.75) is 6.92 Å². The van der Waals surface area contributed by atoms with E-state index in [2.05, 4.69) is 22.6 Å². The molecule has 0 aliphatic rings. The molecule has 0 radical (unpaired) electrons. The molecule has 2 rings (SSSR count). The molecule has 4 nitrogen and oxygen atoms in total. The Hall–Kier alpha value is -1.62. The highest BCUT2D eigenvalue weighted by Crippen LogP contribution is 2.07. The second kappa shape index (κ2) is 3.51. The number of aromatic nitrogens is 2. The van der Waals surface area contributed by atoms with Crippen LogP contribution in [0.15, 0.2) is 23.1 Å². The summed E-state index contributed by atoms with van der Waals surface area (Å²) in [6.45, 7) is 1.79. The SMILES string of the molecule is Cc1ccc2[nH]cc(C(=O)S)c(=O)c2n1. The Balaban J connectivity index is 2.89. The van der Waals surface area contributed by atoms with Crippen LogP contribution in [0.3, 0.4) is 0 Å². The van der Waals surface area contributed by atoms with Crippen molar-refractivity contribution < 1.29 is 4.79 Å². The van der Waals surface area contributed by atoms with E-state index in [0.717, 1.165) is 5.69 Å². The molecule has 76 valence electrons. The quantitative estimate of drug-likeness (QED) is 0.712. The van der Waals surface area contributed by atoms with Crippen LogP contribution in [-0.2, 0) is 0 Å². The summed E-state index contributed by atoms with van der Waals surface area (Å²) in [4.78, 5) is 29.7. The Bertz CT molecular complexity index is 604. The molecular weight excluding hydrogens is 212 g/mol. The van der Waals surface area contributed by atoms with Crippen molar-refractivity contribution in [2.24, 2.45) is 0 Å². The van der Waals surface area contributed by atoms with E-state index in [4.69, 9.17) is 0 Å². The third kappa shape index (κ3) is 1.66. The number of hydrogen-bond acceptors (Lipinski definition) is 3. The van der Waals surface area contributed by atoms with Crippen molar-refractivity contribution in [3.63, 3.8) is 0 Å². The number of pyridine rings is 2. The van der Waals surface area contributed by atoms with Crippen molar-refractivity contribution in [3.8, 4) is 0 Å². The number of aryl methyl sites for hydroxylation is 1. The van der Waals surface area contributed by atoms with Gasteiger partial charge in [-0.1, -0.05) is 0 Å². The van der Waals surface area contributed by atoms with Crippen LogP contribution in [0.25, 0.3) is 11.0 Å². The van der Waals surface area contributed by atoms with E-state index < -0.39 is 5.12 Å². The highest BCUT2D eigenvalue weighted by atomic mass is 32.1. The monoisotopic (exact) mass is 220 g/mol. The number of fused-ring (bicyclic) bond motifs is 1. The number of hydrogen-bond donors (Lipinski definition) is 2. The molecule has 0 aliphatic heterocycles. The fraction of sp³-hybridized carbons (Fsp3) is 0.100. The normalized spacial score (nSPS) is 10.5. The average Bonchev–Trinajstić information content (AvgIpc) is 2.19. The first-order valence-corrected chi connectivity index (χ1v) is 4.76. The maximum atomic E-state index is 11.8. The van der Waals surface area contributed by atoms with E-state index in [1.54, 1.807) is 19.1 Å². The van der Waals surface area contributed by atoms with Crippen molar-refractivity contribution in [2.75, 3.05) is 0 Å². The summed E-state index contributed by atoms with van der Waals surface area (Å²) in [5.74, 6) is 0. The number of rotatable bonds is 1. The Labute approximate surface area is 90.8 Å². The molecular formula is C10H8N2O2S. The van der Waals surface area contributed by atoms with Crippen LogP contribution in [0.2, 0.25) is 0 Å². The first kappa shape index (κ1) is 9.92. The zero-order valence-electron chi connectivity index (χ0n) is 7.94. The highest BCUT2D eigenvalue weighted by molar-refractivity contribution is 7.97. The van der Waals surface area contributed by atoms with Crippen molar-refractivity contribution in [3.05, 3.63) is 39.8 Å². The molecule has 0 atom stereocenters. The van der Waals surface area contributed by atoms with Gasteiger partial charge in [-0.15, -0.1) is 12.6 Å². The van der Waals surface area contributed by atoms with E-state index in [-0.39, 0.29) is 16.5 Å². The average molecular weight is 220 g/mol. The van der Waals surface area contributed by atoms with Gasteiger partial charge in [0.15, 0.2) is 0 Å². The maximum Gasteiger partial charge on any atom is 0.221 e. The molecule has 2 heterocycles. The molecule has 0 aliphatic carbocycles. The molecule has 5 heteroatoms. The number of thiol groups is 1. The molecule has 2 aromatic rings. The van der Waals surface area contributed by atoms with Gasteiger partial charge in [-0.2, -0.15) is 0 Å². The highest BCUT2D eigenvalue weighted by Gasteiger charge is 2.10. The van der Waals surface area contributed by atoms with Gasteiger partial charge in [-0.25, -0.2) is 4.98 Å². The molecule has 0 bridgehead atoms. The molecule has 0 amide bonds. The molecule has 0 fully saturated rings. The van der Waals surface area contributed by atoms with Gasteiger partial charge in [0, 0.05) is 11.9 Å². The molecule has 0 saturated carbocycles. The summed E-state index contributed by atoms with van der Waals surface area (Å²) < 4.78 is 0. The predicted octanol–water partition coefficient (Wildman–Crippen LogP) is 1.30. The van der Waals surface area contributed by atoms with Gasteiger partial charge in [0.2, 0.25) is 10.5 Å². The topological polar surface area (TPSA) is 62.8 Å². The van der Waals surface area contributed by atoms with E-state index in [0.29, 0.717) is 5.52 Å². The fourth-order valence-electron chi connectivity index (χ4n) is 1.35. The first-order chi connectivity index (χ1) is 7.09. The van der Waals surface area contributed by atoms with Crippen LogP contribution in [0.4, 0.5) is 0 Å². The summed E-state index contributed by atoms with van der Waals surface area (Å²) >= 11 is 3.62. The molecule has 0 saturated heterocycles. The minimum Gasteiger partial charge on any atom is -0.359 e. The second-order valence-electron chi connectivity index (χ2n) is 3.19. The smallest absolute Gasteiger partial charge is 0.221 e. The summed E-state index contributed by atoms with van der Waals surface area (Å²) in [6, 6.07) is 3.55. The predicted molar refractivity (Wildman–Crippen MR) is 60.4 cm³/mol. The van der Waals surface area contributed by atoms with E-state index in [1.807, 2.05) is 0 Å². The molecule has 1 N–H and O–H groups in total. The van der Waals surface area contributed by atoms with E-state index >= 15 is 0 Å². The van der Waals surface area contributed by atoms with Crippen LogP contribution < -0.4 is 5.43 Å². The fourth-order valence-corrected chi connectivity index (χ4v) is 1.51. The van der Waals surface area contributed by atoms with Gasteiger partial charge in [0.25, 0.3) is 0 Å². The molecule has 2 aromatic heterocycles. The molecule has 0 aromatic carbocycles.